The van der Waals surface area contributed by atoms with Crippen molar-refractivity contribution in [1.82, 2.24) is 4.98 Å². The van der Waals surface area contributed by atoms with E-state index in [1.54, 1.807) is 6.20 Å². The summed E-state index contributed by atoms with van der Waals surface area (Å²) in [5, 5.41) is 0. The third-order valence-corrected chi connectivity index (χ3v) is 2.04. The minimum Gasteiger partial charge on any atom is -0.476 e. The zero-order valence-electron chi connectivity index (χ0n) is 6.86. The molecule has 0 amide bonds. The van der Waals surface area contributed by atoms with Gasteiger partial charge in [0.05, 0.1) is 5.54 Å². The number of rotatable bonds is 3. The number of hydrogen-bond donors (Lipinski definition) is 1. The zero-order valence-corrected chi connectivity index (χ0v) is 6.86. The summed E-state index contributed by atoms with van der Waals surface area (Å²) in [5.74, 6) is 0.661. The summed E-state index contributed by atoms with van der Waals surface area (Å²) in [6, 6.07) is 5.60. The standard InChI is InChI=1S/C9H12N2O/c10-9(4-5-9)7-12-8-3-1-2-6-11-8/h1-3,6H,4-5,7,10H2. The van der Waals surface area contributed by atoms with Crippen LogP contribution in [0.4, 0.5) is 0 Å². The van der Waals surface area contributed by atoms with Crippen molar-refractivity contribution < 1.29 is 4.74 Å². The van der Waals surface area contributed by atoms with Crippen molar-refractivity contribution >= 4 is 0 Å². The lowest BCUT2D eigenvalue weighted by Crippen LogP contribution is -2.29. The van der Waals surface area contributed by atoms with Crippen LogP contribution in [-0.4, -0.2) is 17.1 Å². The molecule has 64 valence electrons. The summed E-state index contributed by atoms with van der Waals surface area (Å²) in [7, 11) is 0. The van der Waals surface area contributed by atoms with Crippen LogP contribution in [0.1, 0.15) is 12.8 Å². The van der Waals surface area contributed by atoms with Crippen molar-refractivity contribution in [1.29, 1.82) is 0 Å². The topological polar surface area (TPSA) is 48.1 Å². The van der Waals surface area contributed by atoms with Crippen molar-refractivity contribution in [3.05, 3.63) is 24.4 Å². The summed E-state index contributed by atoms with van der Waals surface area (Å²) < 4.78 is 5.40. The highest BCUT2D eigenvalue weighted by molar-refractivity contribution is 5.10. The molecule has 0 spiro atoms. The molecule has 3 heteroatoms. The molecule has 12 heavy (non-hydrogen) atoms. The van der Waals surface area contributed by atoms with Crippen LogP contribution in [0.5, 0.6) is 5.88 Å². The van der Waals surface area contributed by atoms with E-state index < -0.39 is 0 Å². The minimum absolute atomic E-state index is 0.0580. The summed E-state index contributed by atoms with van der Waals surface area (Å²) in [6.45, 7) is 0.587. The molecule has 2 rings (SSSR count). The molecule has 1 fully saturated rings. The summed E-state index contributed by atoms with van der Waals surface area (Å²) in [5.41, 5.74) is 5.78. The predicted molar refractivity (Wildman–Crippen MR) is 45.9 cm³/mol. The van der Waals surface area contributed by atoms with E-state index in [1.807, 2.05) is 18.2 Å². The van der Waals surface area contributed by atoms with E-state index >= 15 is 0 Å². The highest BCUT2D eigenvalue weighted by atomic mass is 16.5. The molecular weight excluding hydrogens is 152 g/mol. The van der Waals surface area contributed by atoms with Crippen molar-refractivity contribution in [2.45, 2.75) is 18.4 Å². The molecule has 1 heterocycles. The van der Waals surface area contributed by atoms with Crippen LogP contribution in [0.2, 0.25) is 0 Å². The molecule has 0 aliphatic heterocycles. The van der Waals surface area contributed by atoms with E-state index in [0.717, 1.165) is 12.8 Å². The van der Waals surface area contributed by atoms with Crippen molar-refractivity contribution in [3.8, 4) is 5.88 Å². The Hall–Kier alpha value is -1.09. The number of pyridine rings is 1. The molecule has 0 aromatic carbocycles. The van der Waals surface area contributed by atoms with Crippen LogP contribution in [0, 0.1) is 0 Å². The van der Waals surface area contributed by atoms with Gasteiger partial charge < -0.3 is 10.5 Å². The molecule has 0 radical (unpaired) electrons. The fourth-order valence-electron chi connectivity index (χ4n) is 0.955. The zero-order chi connectivity index (χ0) is 8.44. The Morgan fingerprint density at radius 2 is 2.33 bits per heavy atom. The van der Waals surface area contributed by atoms with Gasteiger partial charge in [0.2, 0.25) is 5.88 Å². The van der Waals surface area contributed by atoms with E-state index in [1.165, 1.54) is 0 Å². The fourth-order valence-corrected chi connectivity index (χ4v) is 0.955. The summed E-state index contributed by atoms with van der Waals surface area (Å²) in [4.78, 5) is 4.03. The molecule has 1 aromatic heterocycles. The van der Waals surface area contributed by atoms with Crippen LogP contribution < -0.4 is 10.5 Å². The summed E-state index contributed by atoms with van der Waals surface area (Å²) >= 11 is 0. The van der Waals surface area contributed by atoms with E-state index in [-0.39, 0.29) is 5.54 Å². The van der Waals surface area contributed by atoms with Crippen LogP contribution in [0.3, 0.4) is 0 Å². The average molecular weight is 164 g/mol. The van der Waals surface area contributed by atoms with Gasteiger partial charge >= 0.3 is 0 Å². The maximum atomic E-state index is 5.84. The predicted octanol–water partition coefficient (Wildman–Crippen LogP) is 0.952. The number of ether oxygens (including phenoxy) is 1. The maximum Gasteiger partial charge on any atom is 0.213 e. The SMILES string of the molecule is NC1(COc2ccccn2)CC1. The van der Waals surface area contributed by atoms with Crippen LogP contribution in [0.15, 0.2) is 24.4 Å². The normalized spacial score (nSPS) is 18.8. The summed E-state index contributed by atoms with van der Waals surface area (Å²) in [6.07, 6.45) is 3.85. The van der Waals surface area contributed by atoms with Crippen molar-refractivity contribution in [2.75, 3.05) is 6.61 Å². The lowest BCUT2D eigenvalue weighted by molar-refractivity contribution is 0.269. The molecule has 1 aliphatic carbocycles. The Labute approximate surface area is 71.6 Å². The molecule has 0 atom stereocenters. The Morgan fingerprint density at radius 3 is 2.92 bits per heavy atom. The Kier molecular flexibility index (Phi) is 1.73. The first-order chi connectivity index (χ1) is 5.79. The van der Waals surface area contributed by atoms with Gasteiger partial charge in [-0.25, -0.2) is 4.98 Å². The molecule has 3 nitrogen and oxygen atoms in total. The lowest BCUT2D eigenvalue weighted by atomic mass is 10.3. The van der Waals surface area contributed by atoms with Gasteiger partial charge in [0, 0.05) is 12.3 Å². The van der Waals surface area contributed by atoms with E-state index in [4.69, 9.17) is 10.5 Å². The quantitative estimate of drug-likeness (QED) is 0.723. The van der Waals surface area contributed by atoms with Gasteiger partial charge in [0.1, 0.15) is 6.61 Å². The van der Waals surface area contributed by atoms with Crippen molar-refractivity contribution in [3.63, 3.8) is 0 Å². The van der Waals surface area contributed by atoms with Crippen LogP contribution in [-0.2, 0) is 0 Å². The Bertz CT molecular complexity index is 256. The first-order valence-electron chi connectivity index (χ1n) is 4.11. The highest BCUT2D eigenvalue weighted by Gasteiger charge is 2.39. The van der Waals surface area contributed by atoms with Gasteiger partial charge in [0.25, 0.3) is 0 Å². The van der Waals surface area contributed by atoms with E-state index in [0.29, 0.717) is 12.5 Å². The van der Waals surface area contributed by atoms with Gasteiger partial charge in [-0.15, -0.1) is 0 Å². The number of aromatic nitrogens is 1. The molecular formula is C9H12N2O. The van der Waals surface area contributed by atoms with Crippen LogP contribution in [0.25, 0.3) is 0 Å². The van der Waals surface area contributed by atoms with Gasteiger partial charge in [-0.05, 0) is 18.9 Å². The smallest absolute Gasteiger partial charge is 0.213 e. The molecule has 1 aliphatic rings. The molecule has 1 aromatic rings. The van der Waals surface area contributed by atoms with Gasteiger partial charge in [-0.2, -0.15) is 0 Å². The molecule has 0 unspecified atom stereocenters. The van der Waals surface area contributed by atoms with Crippen molar-refractivity contribution in [2.24, 2.45) is 5.73 Å². The largest absolute Gasteiger partial charge is 0.476 e. The third-order valence-electron chi connectivity index (χ3n) is 2.04. The number of nitrogens with two attached hydrogens (primary N) is 1. The van der Waals surface area contributed by atoms with E-state index in [2.05, 4.69) is 4.98 Å². The molecule has 1 saturated carbocycles. The second-order valence-corrected chi connectivity index (χ2v) is 3.32. The van der Waals surface area contributed by atoms with Gasteiger partial charge in [0.15, 0.2) is 0 Å². The molecule has 0 bridgehead atoms. The number of nitrogens with zero attached hydrogens (tertiary/aromatic N) is 1. The lowest BCUT2D eigenvalue weighted by Gasteiger charge is -2.09. The monoisotopic (exact) mass is 164 g/mol. The Morgan fingerprint density at radius 1 is 1.50 bits per heavy atom. The van der Waals surface area contributed by atoms with Gasteiger partial charge in [-0.1, -0.05) is 6.07 Å². The first kappa shape index (κ1) is 7.55. The Balaban J connectivity index is 1.88. The highest BCUT2D eigenvalue weighted by Crippen LogP contribution is 2.32. The second-order valence-electron chi connectivity index (χ2n) is 3.32. The molecule has 0 saturated heterocycles. The second kappa shape index (κ2) is 2.75. The van der Waals surface area contributed by atoms with Gasteiger partial charge in [-0.3, -0.25) is 0 Å². The van der Waals surface area contributed by atoms with Crippen LogP contribution >= 0.6 is 0 Å². The van der Waals surface area contributed by atoms with E-state index in [9.17, 15) is 0 Å². The molecule has 2 N–H and O–H groups in total. The fraction of sp³-hybridized carbons (Fsp3) is 0.444. The number of hydrogen-bond acceptors (Lipinski definition) is 3. The maximum absolute atomic E-state index is 5.84. The average Bonchev–Trinajstić information content (AvgIpc) is 2.84. The minimum atomic E-state index is -0.0580. The third kappa shape index (κ3) is 1.74. The first-order valence-corrected chi connectivity index (χ1v) is 4.11.